The van der Waals surface area contributed by atoms with E-state index in [0.717, 1.165) is 48.5 Å². The molecule has 0 radical (unpaired) electrons. The van der Waals surface area contributed by atoms with Gasteiger partial charge in [-0.25, -0.2) is 4.98 Å². The third kappa shape index (κ3) is 5.08. The predicted molar refractivity (Wildman–Crippen MR) is 135 cm³/mol. The van der Waals surface area contributed by atoms with Crippen molar-refractivity contribution in [3.8, 4) is 0 Å². The number of carbonyl (C=O) groups excluding carboxylic acids is 1. The maximum atomic E-state index is 12.7. The molecule has 1 aliphatic carbocycles. The first-order valence-corrected chi connectivity index (χ1v) is 13.9. The van der Waals surface area contributed by atoms with E-state index in [2.05, 4.69) is 39.6 Å². The summed E-state index contributed by atoms with van der Waals surface area (Å²) in [4.78, 5) is 39.0. The van der Waals surface area contributed by atoms with Crippen LogP contribution in [-0.4, -0.2) is 40.4 Å². The summed E-state index contributed by atoms with van der Waals surface area (Å²) in [6, 6.07) is 4.49. The average Bonchev–Trinajstić information content (AvgIpc) is 3.47. The maximum absolute atomic E-state index is 12.7. The molecule has 1 unspecified atom stereocenters. The lowest BCUT2D eigenvalue weighted by atomic mass is 9.97. The molecule has 1 aliphatic heterocycles. The number of hydrogen-bond acceptors (Lipinski definition) is 6. The van der Waals surface area contributed by atoms with Crippen LogP contribution >= 0.6 is 22.7 Å². The molecule has 0 saturated carbocycles. The molecule has 4 heterocycles. The predicted octanol–water partition coefficient (Wildman–Crippen LogP) is 4.45. The van der Waals surface area contributed by atoms with Gasteiger partial charge in [-0.05, 0) is 74.5 Å². The molecule has 176 valence electrons. The fraction of sp³-hybridized carbons (Fsp3) is 0.560. The smallest absolute Gasteiger partial charge is 0.259 e. The van der Waals surface area contributed by atoms with Crippen molar-refractivity contribution in [2.24, 2.45) is 5.92 Å². The molecule has 1 atom stereocenters. The zero-order chi connectivity index (χ0) is 22.8. The first-order valence-electron chi connectivity index (χ1n) is 12.2. The molecule has 33 heavy (non-hydrogen) atoms. The number of amides is 1. The Morgan fingerprint density at radius 2 is 2.12 bits per heavy atom. The van der Waals surface area contributed by atoms with Crippen molar-refractivity contribution < 1.29 is 4.79 Å². The van der Waals surface area contributed by atoms with Crippen LogP contribution in [0, 0.1) is 5.92 Å². The van der Waals surface area contributed by atoms with Gasteiger partial charge in [0.15, 0.2) is 0 Å². The normalized spacial score (nSPS) is 18.3. The number of aromatic nitrogens is 2. The number of rotatable bonds is 7. The minimum absolute atomic E-state index is 0.00940. The standard InChI is InChI=1S/C25H32N4O2S2/c1-16-10-12-29(13-11-16)18(20-7-4-14-32-20)15-26-22(30)9-8-21-27-24(31)23-17-5-2-3-6-19(17)33-25(23)28-21/h4,7,14,16,18H,2-3,5-6,8-13,15H2,1H3,(H,26,30)(H,27,28,31). The zero-order valence-corrected chi connectivity index (χ0v) is 20.8. The molecule has 8 heteroatoms. The van der Waals surface area contributed by atoms with Crippen molar-refractivity contribution in [1.29, 1.82) is 0 Å². The Labute approximate surface area is 202 Å². The van der Waals surface area contributed by atoms with Gasteiger partial charge in [0.05, 0.1) is 11.4 Å². The van der Waals surface area contributed by atoms with Crippen molar-refractivity contribution in [1.82, 2.24) is 20.2 Å². The maximum Gasteiger partial charge on any atom is 0.259 e. The SMILES string of the molecule is CC1CCN(C(CNC(=O)CCc2nc3sc4c(c3c(=O)[nH]2)CCCC4)c2cccs2)CC1. The van der Waals surface area contributed by atoms with E-state index in [1.165, 1.54) is 34.6 Å². The van der Waals surface area contributed by atoms with Crippen LogP contribution in [0.2, 0.25) is 0 Å². The van der Waals surface area contributed by atoms with Gasteiger partial charge >= 0.3 is 0 Å². The average molecular weight is 485 g/mol. The Bertz CT molecular complexity index is 1160. The molecule has 2 N–H and O–H groups in total. The molecular formula is C25H32N4O2S2. The number of thiophene rings is 2. The van der Waals surface area contributed by atoms with E-state index in [-0.39, 0.29) is 17.5 Å². The third-order valence-corrected chi connectivity index (χ3v) is 9.25. The van der Waals surface area contributed by atoms with Gasteiger partial charge in [-0.3, -0.25) is 14.5 Å². The molecule has 1 fully saturated rings. The second-order valence-corrected chi connectivity index (χ2v) is 11.5. The van der Waals surface area contributed by atoms with Crippen molar-refractivity contribution >= 4 is 38.8 Å². The Kier molecular flexibility index (Phi) is 6.94. The van der Waals surface area contributed by atoms with Crippen LogP contribution in [-0.2, 0) is 24.1 Å². The minimum Gasteiger partial charge on any atom is -0.354 e. The van der Waals surface area contributed by atoms with Gasteiger partial charge in [0.2, 0.25) is 5.91 Å². The Morgan fingerprint density at radius 1 is 1.30 bits per heavy atom. The molecule has 0 spiro atoms. The molecule has 5 rings (SSSR count). The first kappa shape index (κ1) is 22.7. The van der Waals surface area contributed by atoms with Gasteiger partial charge in [-0.1, -0.05) is 13.0 Å². The summed E-state index contributed by atoms with van der Waals surface area (Å²) < 4.78 is 0. The van der Waals surface area contributed by atoms with Gasteiger partial charge in [-0.15, -0.1) is 22.7 Å². The molecule has 6 nitrogen and oxygen atoms in total. The number of aromatic amines is 1. The van der Waals surface area contributed by atoms with E-state index in [4.69, 9.17) is 4.98 Å². The molecular weight excluding hydrogens is 452 g/mol. The number of fused-ring (bicyclic) bond motifs is 3. The number of hydrogen-bond donors (Lipinski definition) is 2. The summed E-state index contributed by atoms with van der Waals surface area (Å²) in [6.45, 7) is 5.10. The number of carbonyl (C=O) groups is 1. The van der Waals surface area contributed by atoms with Crippen molar-refractivity contribution in [3.05, 3.63) is 49.0 Å². The van der Waals surface area contributed by atoms with Gasteiger partial charge in [0.1, 0.15) is 10.7 Å². The molecule has 3 aromatic rings. The summed E-state index contributed by atoms with van der Waals surface area (Å²) in [7, 11) is 0. The van der Waals surface area contributed by atoms with Gasteiger partial charge in [0.25, 0.3) is 5.56 Å². The number of piperidine rings is 1. The van der Waals surface area contributed by atoms with Crippen LogP contribution in [0.5, 0.6) is 0 Å². The quantitative estimate of drug-likeness (QED) is 0.519. The summed E-state index contributed by atoms with van der Waals surface area (Å²) >= 11 is 3.41. The monoisotopic (exact) mass is 484 g/mol. The fourth-order valence-corrected chi connectivity index (χ4v) is 7.23. The van der Waals surface area contributed by atoms with Crippen LogP contribution in [0.15, 0.2) is 22.3 Å². The molecule has 1 saturated heterocycles. The molecule has 1 amide bonds. The number of nitrogens with one attached hydrogen (secondary N) is 2. The highest BCUT2D eigenvalue weighted by atomic mass is 32.1. The fourth-order valence-electron chi connectivity index (χ4n) is 5.09. The highest BCUT2D eigenvalue weighted by molar-refractivity contribution is 7.18. The highest BCUT2D eigenvalue weighted by Gasteiger charge is 2.26. The summed E-state index contributed by atoms with van der Waals surface area (Å²) in [5, 5.41) is 6.03. The van der Waals surface area contributed by atoms with Gasteiger partial charge in [-0.2, -0.15) is 0 Å². The molecule has 0 aromatic carbocycles. The summed E-state index contributed by atoms with van der Waals surface area (Å²) in [6.07, 6.45) is 7.56. The first-order chi connectivity index (χ1) is 16.1. The van der Waals surface area contributed by atoms with Crippen molar-refractivity contribution in [2.75, 3.05) is 19.6 Å². The Hall–Kier alpha value is -2.03. The lowest BCUT2D eigenvalue weighted by molar-refractivity contribution is -0.121. The summed E-state index contributed by atoms with van der Waals surface area (Å²) in [5.74, 6) is 1.40. The second-order valence-electron chi connectivity index (χ2n) is 9.46. The lowest BCUT2D eigenvalue weighted by Crippen LogP contribution is -2.41. The number of H-pyrrole nitrogens is 1. The highest BCUT2D eigenvalue weighted by Crippen LogP contribution is 2.33. The van der Waals surface area contributed by atoms with Crippen LogP contribution in [0.4, 0.5) is 0 Å². The Morgan fingerprint density at radius 3 is 2.91 bits per heavy atom. The van der Waals surface area contributed by atoms with Crippen molar-refractivity contribution in [3.63, 3.8) is 0 Å². The van der Waals surface area contributed by atoms with E-state index < -0.39 is 0 Å². The number of aryl methyl sites for hydroxylation is 3. The van der Waals surface area contributed by atoms with E-state index in [9.17, 15) is 9.59 Å². The largest absolute Gasteiger partial charge is 0.354 e. The third-order valence-electron chi connectivity index (χ3n) is 7.09. The molecule has 0 bridgehead atoms. The van der Waals surface area contributed by atoms with Gasteiger partial charge in [0, 0.05) is 29.1 Å². The van der Waals surface area contributed by atoms with E-state index in [0.29, 0.717) is 25.2 Å². The minimum atomic E-state index is -0.0492. The van der Waals surface area contributed by atoms with Gasteiger partial charge < -0.3 is 10.3 Å². The number of likely N-dealkylation sites (tertiary alicyclic amines) is 1. The van der Waals surface area contributed by atoms with E-state index in [1.54, 1.807) is 22.7 Å². The lowest BCUT2D eigenvalue weighted by Gasteiger charge is -2.36. The van der Waals surface area contributed by atoms with E-state index >= 15 is 0 Å². The molecule has 2 aliphatic rings. The van der Waals surface area contributed by atoms with E-state index in [1.807, 2.05) is 0 Å². The molecule has 3 aromatic heterocycles. The van der Waals surface area contributed by atoms with Crippen LogP contribution < -0.4 is 10.9 Å². The Balaban J connectivity index is 1.21. The van der Waals surface area contributed by atoms with Crippen LogP contribution in [0.25, 0.3) is 10.2 Å². The topological polar surface area (TPSA) is 78.1 Å². The van der Waals surface area contributed by atoms with Crippen LogP contribution in [0.3, 0.4) is 0 Å². The second kappa shape index (κ2) is 10.1. The van der Waals surface area contributed by atoms with Crippen LogP contribution in [0.1, 0.15) is 66.2 Å². The number of nitrogens with zero attached hydrogens (tertiary/aromatic N) is 2. The zero-order valence-electron chi connectivity index (χ0n) is 19.2. The van der Waals surface area contributed by atoms with Crippen molar-refractivity contribution in [2.45, 2.75) is 64.3 Å². The summed E-state index contributed by atoms with van der Waals surface area (Å²) in [5.41, 5.74) is 1.15.